The molecule has 1 aliphatic carbocycles. The van der Waals surface area contributed by atoms with Gasteiger partial charge in [0.15, 0.2) is 0 Å². The second-order valence-corrected chi connectivity index (χ2v) is 9.81. The summed E-state index contributed by atoms with van der Waals surface area (Å²) in [6.45, 7) is 0. The Hall–Kier alpha value is -3.97. The number of anilines is 1. The van der Waals surface area contributed by atoms with Crippen LogP contribution in [0.4, 0.5) is 5.82 Å². The molecule has 1 aliphatic rings. The zero-order chi connectivity index (χ0) is 24.8. The van der Waals surface area contributed by atoms with Crippen molar-refractivity contribution in [3.63, 3.8) is 0 Å². The number of nitrogens with two attached hydrogens (primary N) is 2. The standard InChI is InChI=1S/C28H25ClN6O/c29-22-12-18-8-11-23(16-4-2-1-3-5-16)34-24(18)13-20(22)21-14-35(28-25(21)26(30)32-15-33-28)19-9-6-17(7-10-19)27(31)36/h1-5,8,11-15,17,19H,6-7,9-10H2,(H2,31,36)(H2,30,32,33). The largest absolute Gasteiger partial charge is 0.383 e. The first-order chi connectivity index (χ1) is 17.5. The highest BCUT2D eigenvalue weighted by Crippen LogP contribution is 2.42. The Morgan fingerprint density at radius 3 is 2.50 bits per heavy atom. The van der Waals surface area contributed by atoms with Crippen molar-refractivity contribution in [1.29, 1.82) is 0 Å². The number of aromatic nitrogens is 4. The molecular weight excluding hydrogens is 472 g/mol. The molecule has 3 heterocycles. The molecule has 180 valence electrons. The van der Waals surface area contributed by atoms with Crippen LogP contribution in [0.3, 0.4) is 0 Å². The van der Waals surface area contributed by atoms with E-state index in [0.717, 1.165) is 70.0 Å². The average Bonchev–Trinajstić information content (AvgIpc) is 3.29. The number of nitrogens with zero attached hydrogens (tertiary/aromatic N) is 4. The number of benzene rings is 2. The Kier molecular flexibility index (Phi) is 5.57. The summed E-state index contributed by atoms with van der Waals surface area (Å²) in [6, 6.07) is 18.3. The maximum atomic E-state index is 11.7. The van der Waals surface area contributed by atoms with E-state index < -0.39 is 0 Å². The van der Waals surface area contributed by atoms with E-state index in [1.54, 1.807) is 0 Å². The highest BCUT2D eigenvalue weighted by Gasteiger charge is 2.28. The lowest BCUT2D eigenvalue weighted by Gasteiger charge is -2.28. The molecule has 1 amide bonds. The van der Waals surface area contributed by atoms with Gasteiger partial charge in [-0.3, -0.25) is 4.79 Å². The lowest BCUT2D eigenvalue weighted by Crippen LogP contribution is -2.28. The molecule has 7 nitrogen and oxygen atoms in total. The first-order valence-electron chi connectivity index (χ1n) is 12.1. The molecule has 0 unspecified atom stereocenters. The Labute approximate surface area is 213 Å². The van der Waals surface area contributed by atoms with Crippen LogP contribution in [0.2, 0.25) is 5.02 Å². The van der Waals surface area contributed by atoms with Crippen LogP contribution < -0.4 is 11.5 Å². The van der Waals surface area contributed by atoms with Gasteiger partial charge in [0.25, 0.3) is 0 Å². The van der Waals surface area contributed by atoms with E-state index in [1.807, 2.05) is 54.6 Å². The molecule has 4 N–H and O–H groups in total. The molecule has 3 aromatic heterocycles. The molecule has 6 rings (SSSR count). The summed E-state index contributed by atoms with van der Waals surface area (Å²) in [5.74, 6) is 0.118. The number of carbonyl (C=O) groups is 1. The number of primary amides is 1. The van der Waals surface area contributed by atoms with Crippen molar-refractivity contribution in [2.45, 2.75) is 31.7 Å². The van der Waals surface area contributed by atoms with Crippen LogP contribution in [0.25, 0.3) is 44.3 Å². The third-order valence-corrected chi connectivity index (χ3v) is 7.58. The highest BCUT2D eigenvalue weighted by atomic mass is 35.5. The summed E-state index contributed by atoms with van der Waals surface area (Å²) in [5, 5.41) is 2.34. The number of hydrogen-bond donors (Lipinski definition) is 2. The molecule has 1 saturated carbocycles. The smallest absolute Gasteiger partial charge is 0.220 e. The molecule has 0 saturated heterocycles. The molecule has 0 bridgehead atoms. The zero-order valence-corrected chi connectivity index (χ0v) is 20.3. The van der Waals surface area contributed by atoms with Crippen molar-refractivity contribution in [2.75, 3.05) is 5.73 Å². The fraction of sp³-hybridized carbons (Fsp3) is 0.214. The summed E-state index contributed by atoms with van der Waals surface area (Å²) >= 11 is 6.83. The van der Waals surface area contributed by atoms with E-state index in [9.17, 15) is 4.79 Å². The molecule has 36 heavy (non-hydrogen) atoms. The van der Waals surface area contributed by atoms with Gasteiger partial charge < -0.3 is 16.0 Å². The number of carbonyl (C=O) groups excluding carboxylic acids is 1. The van der Waals surface area contributed by atoms with Crippen LogP contribution in [-0.2, 0) is 4.79 Å². The molecule has 0 aliphatic heterocycles. The minimum atomic E-state index is -0.219. The first-order valence-corrected chi connectivity index (χ1v) is 12.4. The summed E-state index contributed by atoms with van der Waals surface area (Å²) in [4.78, 5) is 25.4. The van der Waals surface area contributed by atoms with Gasteiger partial charge >= 0.3 is 0 Å². The van der Waals surface area contributed by atoms with Gasteiger partial charge in [0, 0.05) is 45.3 Å². The Balaban J connectivity index is 1.48. The quantitative estimate of drug-likeness (QED) is 0.328. The van der Waals surface area contributed by atoms with Gasteiger partial charge in [0.2, 0.25) is 5.91 Å². The zero-order valence-electron chi connectivity index (χ0n) is 19.6. The fourth-order valence-corrected chi connectivity index (χ4v) is 5.62. The van der Waals surface area contributed by atoms with E-state index in [-0.39, 0.29) is 17.9 Å². The van der Waals surface area contributed by atoms with Crippen LogP contribution in [-0.4, -0.2) is 25.4 Å². The van der Waals surface area contributed by atoms with Gasteiger partial charge in [-0.05, 0) is 43.9 Å². The summed E-state index contributed by atoms with van der Waals surface area (Å²) in [7, 11) is 0. The number of halogens is 1. The summed E-state index contributed by atoms with van der Waals surface area (Å²) < 4.78 is 2.16. The third-order valence-electron chi connectivity index (χ3n) is 7.27. The van der Waals surface area contributed by atoms with Crippen LogP contribution >= 0.6 is 11.6 Å². The molecular formula is C28H25ClN6O. The monoisotopic (exact) mass is 496 g/mol. The first kappa shape index (κ1) is 22.5. The predicted molar refractivity (Wildman–Crippen MR) is 143 cm³/mol. The van der Waals surface area contributed by atoms with E-state index in [0.29, 0.717) is 10.8 Å². The van der Waals surface area contributed by atoms with Crippen molar-refractivity contribution in [2.24, 2.45) is 11.7 Å². The maximum Gasteiger partial charge on any atom is 0.220 e. The molecule has 1 fully saturated rings. The predicted octanol–water partition coefficient (Wildman–Crippen LogP) is 5.77. The van der Waals surface area contributed by atoms with Crippen LogP contribution in [0.15, 0.2) is 67.1 Å². The van der Waals surface area contributed by atoms with Gasteiger partial charge in [-0.25, -0.2) is 15.0 Å². The fourth-order valence-electron chi connectivity index (χ4n) is 5.35. The van der Waals surface area contributed by atoms with E-state index >= 15 is 0 Å². The number of amides is 1. The van der Waals surface area contributed by atoms with Crippen molar-refractivity contribution >= 4 is 45.3 Å². The van der Waals surface area contributed by atoms with Gasteiger partial charge in [-0.2, -0.15) is 0 Å². The van der Waals surface area contributed by atoms with Gasteiger partial charge in [-0.15, -0.1) is 0 Å². The topological polar surface area (TPSA) is 113 Å². The SMILES string of the molecule is NC(=O)C1CCC(n2cc(-c3cc4nc(-c5ccccc5)ccc4cc3Cl)c3c(N)ncnc32)CC1. The molecule has 2 aromatic carbocycles. The Morgan fingerprint density at radius 2 is 1.75 bits per heavy atom. The minimum absolute atomic E-state index is 0.0675. The second kappa shape index (κ2) is 8.91. The van der Waals surface area contributed by atoms with E-state index in [4.69, 9.17) is 28.1 Å². The van der Waals surface area contributed by atoms with Crippen molar-refractivity contribution in [3.05, 3.63) is 72.1 Å². The molecule has 0 atom stereocenters. The summed E-state index contributed by atoms with van der Waals surface area (Å²) in [5.41, 5.74) is 17.2. The van der Waals surface area contributed by atoms with Crippen molar-refractivity contribution in [1.82, 2.24) is 19.5 Å². The summed E-state index contributed by atoms with van der Waals surface area (Å²) in [6.07, 6.45) is 6.76. The lowest BCUT2D eigenvalue weighted by molar-refractivity contribution is -0.122. The normalized spacial score (nSPS) is 18.0. The molecule has 0 radical (unpaired) electrons. The average molecular weight is 497 g/mol. The number of nitrogen functional groups attached to an aromatic ring is 1. The molecule has 0 spiro atoms. The van der Waals surface area contributed by atoms with Gasteiger partial charge in [-0.1, -0.05) is 48.0 Å². The molecule has 8 heteroatoms. The third kappa shape index (κ3) is 3.85. The Morgan fingerprint density at radius 1 is 0.972 bits per heavy atom. The minimum Gasteiger partial charge on any atom is -0.383 e. The Bertz CT molecular complexity index is 1610. The van der Waals surface area contributed by atoms with E-state index in [1.165, 1.54) is 6.33 Å². The second-order valence-electron chi connectivity index (χ2n) is 9.40. The number of hydrogen-bond acceptors (Lipinski definition) is 5. The molecule has 5 aromatic rings. The van der Waals surface area contributed by atoms with Crippen LogP contribution in [0, 0.1) is 5.92 Å². The van der Waals surface area contributed by atoms with Crippen LogP contribution in [0.1, 0.15) is 31.7 Å². The van der Waals surface area contributed by atoms with Crippen LogP contribution in [0.5, 0.6) is 0 Å². The number of pyridine rings is 1. The van der Waals surface area contributed by atoms with E-state index in [2.05, 4.69) is 20.7 Å². The van der Waals surface area contributed by atoms with Crippen molar-refractivity contribution < 1.29 is 4.79 Å². The highest BCUT2D eigenvalue weighted by molar-refractivity contribution is 6.34. The van der Waals surface area contributed by atoms with Gasteiger partial charge in [0.05, 0.1) is 16.6 Å². The lowest BCUT2D eigenvalue weighted by atomic mass is 9.85. The van der Waals surface area contributed by atoms with Crippen molar-refractivity contribution in [3.8, 4) is 22.4 Å². The number of fused-ring (bicyclic) bond motifs is 2. The number of rotatable bonds is 4. The maximum absolute atomic E-state index is 11.7. The van der Waals surface area contributed by atoms with Gasteiger partial charge in [0.1, 0.15) is 17.8 Å².